The van der Waals surface area contributed by atoms with E-state index in [1.165, 1.54) is 0 Å². The van der Waals surface area contributed by atoms with Crippen molar-refractivity contribution in [1.82, 2.24) is 15.3 Å². The van der Waals surface area contributed by atoms with Gasteiger partial charge in [-0.2, -0.15) is 0 Å². The molecule has 0 spiro atoms. The third-order valence-electron chi connectivity index (χ3n) is 4.58. The van der Waals surface area contributed by atoms with E-state index in [4.69, 9.17) is 0 Å². The van der Waals surface area contributed by atoms with Gasteiger partial charge in [0.15, 0.2) is 0 Å². The lowest BCUT2D eigenvalue weighted by Crippen LogP contribution is -2.27. The van der Waals surface area contributed by atoms with Crippen LogP contribution < -0.4 is 10.2 Å². The number of nitrogens with zero attached hydrogens (tertiary/aromatic N) is 3. The number of likely N-dealkylation sites (N-methyl/N-ethyl adjacent to an activating group) is 1. The molecule has 2 heterocycles. The Morgan fingerprint density at radius 2 is 1.75 bits per heavy atom. The van der Waals surface area contributed by atoms with Crippen LogP contribution >= 0.6 is 0 Å². The molecule has 5 heteroatoms. The van der Waals surface area contributed by atoms with E-state index >= 15 is 0 Å². The lowest BCUT2D eigenvalue weighted by atomic mass is 10.1. The molecule has 0 unspecified atom stereocenters. The van der Waals surface area contributed by atoms with Gasteiger partial charge in [-0.15, -0.1) is 0 Å². The van der Waals surface area contributed by atoms with Crippen LogP contribution in [0.4, 0.5) is 5.82 Å². The number of carbonyl (C=O) groups is 1. The topological polar surface area (TPSA) is 58.1 Å². The molecule has 0 atom stereocenters. The molecule has 0 saturated carbocycles. The highest BCUT2D eigenvalue weighted by Gasteiger charge is 2.12. The van der Waals surface area contributed by atoms with Crippen LogP contribution in [-0.2, 0) is 13.0 Å². The summed E-state index contributed by atoms with van der Waals surface area (Å²) in [4.78, 5) is 23.6. The van der Waals surface area contributed by atoms with Crippen LogP contribution in [0.25, 0.3) is 0 Å². The van der Waals surface area contributed by atoms with Crippen LogP contribution in [0.5, 0.6) is 0 Å². The van der Waals surface area contributed by atoms with Crippen molar-refractivity contribution in [1.29, 1.82) is 0 Å². The van der Waals surface area contributed by atoms with Crippen LogP contribution in [0, 0.1) is 13.8 Å². The van der Waals surface area contributed by atoms with Gasteiger partial charge in [-0.05, 0) is 44.2 Å². The summed E-state index contributed by atoms with van der Waals surface area (Å²) < 4.78 is 0. The number of amides is 1. The number of aryl methyl sites for hydroxylation is 2. The Bertz CT molecular complexity index is 920. The van der Waals surface area contributed by atoms with Gasteiger partial charge in [0.2, 0.25) is 0 Å². The molecule has 3 aromatic rings. The maximum atomic E-state index is 12.6. The standard InChI is InChI=1S/C23H26N4O/c1-17-13-18(2)15-20(14-17)23(28)26-16-19-7-6-11-25-22(19)27(3)12-9-21-8-4-5-10-24-21/h4-8,10-11,13-15H,9,12,16H2,1-3H3,(H,26,28). The van der Waals surface area contributed by atoms with Crippen molar-refractivity contribution in [2.24, 2.45) is 0 Å². The predicted octanol–water partition coefficient (Wildman–Crippen LogP) is 3.70. The van der Waals surface area contributed by atoms with Gasteiger partial charge in [0.25, 0.3) is 5.91 Å². The zero-order valence-electron chi connectivity index (χ0n) is 16.6. The van der Waals surface area contributed by atoms with Gasteiger partial charge < -0.3 is 10.2 Å². The van der Waals surface area contributed by atoms with E-state index in [0.29, 0.717) is 12.1 Å². The van der Waals surface area contributed by atoms with Crippen LogP contribution in [0.1, 0.15) is 32.7 Å². The number of benzene rings is 1. The number of pyridine rings is 2. The highest BCUT2D eigenvalue weighted by molar-refractivity contribution is 5.94. The van der Waals surface area contributed by atoms with Crippen molar-refractivity contribution in [3.05, 3.63) is 88.9 Å². The normalized spacial score (nSPS) is 10.5. The molecular formula is C23H26N4O. The first kappa shape index (κ1) is 19.5. The van der Waals surface area contributed by atoms with Crippen LogP contribution in [-0.4, -0.2) is 29.5 Å². The molecule has 1 aromatic carbocycles. The van der Waals surface area contributed by atoms with Crippen molar-refractivity contribution in [2.75, 3.05) is 18.5 Å². The maximum Gasteiger partial charge on any atom is 0.251 e. The zero-order chi connectivity index (χ0) is 19.9. The summed E-state index contributed by atoms with van der Waals surface area (Å²) in [5.74, 6) is 0.803. The summed E-state index contributed by atoms with van der Waals surface area (Å²) >= 11 is 0. The molecule has 0 radical (unpaired) electrons. The van der Waals surface area contributed by atoms with Crippen LogP contribution in [0.2, 0.25) is 0 Å². The Hall–Kier alpha value is -3.21. The van der Waals surface area contributed by atoms with E-state index in [-0.39, 0.29) is 5.91 Å². The molecule has 0 aliphatic carbocycles. The smallest absolute Gasteiger partial charge is 0.251 e. The summed E-state index contributed by atoms with van der Waals surface area (Å²) in [7, 11) is 2.01. The van der Waals surface area contributed by atoms with E-state index in [1.807, 2.05) is 69.6 Å². The van der Waals surface area contributed by atoms with Gasteiger partial charge in [0, 0.05) is 55.8 Å². The minimum absolute atomic E-state index is 0.0715. The Kier molecular flexibility index (Phi) is 6.37. The summed E-state index contributed by atoms with van der Waals surface area (Å²) in [6, 6.07) is 15.7. The Labute approximate surface area is 166 Å². The minimum atomic E-state index is -0.0715. The highest BCUT2D eigenvalue weighted by Crippen LogP contribution is 2.16. The molecule has 5 nitrogen and oxygen atoms in total. The fourth-order valence-corrected chi connectivity index (χ4v) is 3.23. The van der Waals surface area contributed by atoms with Crippen LogP contribution in [0.3, 0.4) is 0 Å². The number of anilines is 1. The minimum Gasteiger partial charge on any atom is -0.359 e. The van der Waals surface area contributed by atoms with Gasteiger partial charge in [-0.1, -0.05) is 29.3 Å². The average molecular weight is 374 g/mol. The number of rotatable bonds is 7. The van der Waals surface area contributed by atoms with Crippen molar-refractivity contribution >= 4 is 11.7 Å². The molecule has 1 amide bonds. The third kappa shape index (κ3) is 5.16. The highest BCUT2D eigenvalue weighted by atomic mass is 16.1. The molecule has 144 valence electrons. The molecule has 0 bridgehead atoms. The monoisotopic (exact) mass is 374 g/mol. The van der Waals surface area contributed by atoms with E-state index in [2.05, 4.69) is 26.3 Å². The van der Waals surface area contributed by atoms with E-state index in [1.54, 1.807) is 6.20 Å². The molecule has 3 rings (SSSR count). The van der Waals surface area contributed by atoms with E-state index in [9.17, 15) is 4.79 Å². The zero-order valence-corrected chi connectivity index (χ0v) is 16.6. The Morgan fingerprint density at radius 3 is 2.46 bits per heavy atom. The largest absolute Gasteiger partial charge is 0.359 e. The lowest BCUT2D eigenvalue weighted by Gasteiger charge is -2.21. The van der Waals surface area contributed by atoms with Crippen LogP contribution in [0.15, 0.2) is 60.9 Å². The fourth-order valence-electron chi connectivity index (χ4n) is 3.23. The summed E-state index contributed by atoms with van der Waals surface area (Å²) in [5.41, 5.74) is 4.90. The lowest BCUT2D eigenvalue weighted by molar-refractivity contribution is 0.0950. The molecular weight excluding hydrogens is 348 g/mol. The number of aromatic nitrogens is 2. The third-order valence-corrected chi connectivity index (χ3v) is 4.58. The number of hydrogen-bond acceptors (Lipinski definition) is 4. The first-order valence-electron chi connectivity index (χ1n) is 9.44. The summed E-state index contributed by atoms with van der Waals surface area (Å²) in [5, 5.41) is 3.02. The molecule has 2 aromatic heterocycles. The SMILES string of the molecule is Cc1cc(C)cc(C(=O)NCc2cccnc2N(C)CCc2ccccn2)c1. The molecule has 0 saturated heterocycles. The molecule has 28 heavy (non-hydrogen) atoms. The molecule has 0 aliphatic rings. The predicted molar refractivity (Wildman–Crippen MR) is 113 cm³/mol. The molecule has 0 aliphatic heterocycles. The average Bonchev–Trinajstić information content (AvgIpc) is 2.70. The number of nitrogens with one attached hydrogen (secondary N) is 1. The second-order valence-corrected chi connectivity index (χ2v) is 7.04. The van der Waals surface area contributed by atoms with Crippen molar-refractivity contribution in [3.8, 4) is 0 Å². The second-order valence-electron chi connectivity index (χ2n) is 7.04. The van der Waals surface area contributed by atoms with Crippen molar-refractivity contribution < 1.29 is 4.79 Å². The second kappa shape index (κ2) is 9.13. The van der Waals surface area contributed by atoms with Crippen molar-refractivity contribution in [2.45, 2.75) is 26.8 Å². The quantitative estimate of drug-likeness (QED) is 0.685. The summed E-state index contributed by atoms with van der Waals surface area (Å²) in [6.07, 6.45) is 4.42. The first-order chi connectivity index (χ1) is 13.5. The van der Waals surface area contributed by atoms with Gasteiger partial charge in [0.05, 0.1) is 0 Å². The van der Waals surface area contributed by atoms with Gasteiger partial charge in [-0.25, -0.2) is 4.98 Å². The molecule has 0 fully saturated rings. The Balaban J connectivity index is 1.65. The molecule has 1 N–H and O–H groups in total. The van der Waals surface area contributed by atoms with Gasteiger partial charge in [-0.3, -0.25) is 9.78 Å². The first-order valence-corrected chi connectivity index (χ1v) is 9.44. The van der Waals surface area contributed by atoms with E-state index in [0.717, 1.165) is 41.2 Å². The summed E-state index contributed by atoms with van der Waals surface area (Å²) in [6.45, 7) is 5.23. The van der Waals surface area contributed by atoms with E-state index < -0.39 is 0 Å². The van der Waals surface area contributed by atoms with Crippen molar-refractivity contribution in [3.63, 3.8) is 0 Å². The number of carbonyl (C=O) groups excluding carboxylic acids is 1. The van der Waals surface area contributed by atoms with Gasteiger partial charge >= 0.3 is 0 Å². The van der Waals surface area contributed by atoms with Gasteiger partial charge in [0.1, 0.15) is 5.82 Å². The maximum absolute atomic E-state index is 12.6. The fraction of sp³-hybridized carbons (Fsp3) is 0.261. The Morgan fingerprint density at radius 1 is 1.00 bits per heavy atom. The number of hydrogen-bond donors (Lipinski definition) is 1.